The van der Waals surface area contributed by atoms with Gasteiger partial charge in [-0.05, 0) is 42.0 Å². The van der Waals surface area contributed by atoms with Crippen LogP contribution in [0.15, 0.2) is 69.7 Å². The van der Waals surface area contributed by atoms with Gasteiger partial charge in [-0.15, -0.1) is 3.89 Å². The average Bonchev–Trinajstić information content (AvgIpc) is 3.21. The summed E-state index contributed by atoms with van der Waals surface area (Å²) < 4.78 is 34.7. The maximum Gasteiger partial charge on any atom is 0.332 e. The minimum absolute atomic E-state index is 0.182. The molecule has 0 radical (unpaired) electrons. The van der Waals surface area contributed by atoms with E-state index in [-0.39, 0.29) is 11.1 Å². The van der Waals surface area contributed by atoms with Crippen LogP contribution >= 0.6 is 11.8 Å². The van der Waals surface area contributed by atoms with Gasteiger partial charge < -0.3 is 10.3 Å². The third-order valence-corrected chi connectivity index (χ3v) is 6.01. The van der Waals surface area contributed by atoms with Crippen LogP contribution in [0.5, 0.6) is 0 Å². The molecule has 2 aromatic heterocycles. The smallest absolute Gasteiger partial charge is 0.332 e. The van der Waals surface area contributed by atoms with E-state index in [0.717, 1.165) is 17.7 Å². The first kappa shape index (κ1) is 20.8. The molecule has 158 valence electrons. The van der Waals surface area contributed by atoms with Crippen LogP contribution in [-0.2, 0) is 16.0 Å². The summed E-state index contributed by atoms with van der Waals surface area (Å²) in [6, 6.07) is 11.6. The molecule has 0 spiro atoms. The number of hydrogen-bond donors (Lipinski definition) is 3. The number of aromatic nitrogens is 4. The van der Waals surface area contributed by atoms with Crippen molar-refractivity contribution in [3.8, 4) is 0 Å². The van der Waals surface area contributed by atoms with E-state index >= 15 is 0 Å². The second kappa shape index (κ2) is 8.32. The number of nitrogens with zero attached hydrogens (tertiary/aromatic N) is 2. The van der Waals surface area contributed by atoms with Crippen LogP contribution in [0.25, 0.3) is 11.2 Å². The second-order valence-corrected chi connectivity index (χ2v) is 8.69. The molecule has 0 fully saturated rings. The minimum Gasteiger partial charge on any atom is -0.339 e. The predicted molar refractivity (Wildman–Crippen MR) is 113 cm³/mol. The Morgan fingerprint density at radius 2 is 1.94 bits per heavy atom. The Hall–Kier alpha value is -3.51. The molecule has 0 atom stereocenters. The molecule has 3 N–H and O–H groups in total. The van der Waals surface area contributed by atoms with Crippen LogP contribution in [0.3, 0.4) is 0 Å². The summed E-state index contributed by atoms with van der Waals surface area (Å²) in [4.78, 5) is 37.5. The largest absolute Gasteiger partial charge is 0.339 e. The highest BCUT2D eigenvalue weighted by Gasteiger charge is 2.13. The van der Waals surface area contributed by atoms with Gasteiger partial charge in [-0.25, -0.2) is 9.97 Å². The molecule has 9 nitrogen and oxygen atoms in total. The van der Waals surface area contributed by atoms with Crippen molar-refractivity contribution in [3.63, 3.8) is 0 Å². The van der Waals surface area contributed by atoms with E-state index in [4.69, 9.17) is 0 Å². The van der Waals surface area contributed by atoms with E-state index in [9.17, 15) is 21.9 Å². The van der Waals surface area contributed by atoms with Crippen LogP contribution in [0.2, 0.25) is 0 Å². The molecule has 0 aliphatic rings. The van der Waals surface area contributed by atoms with Gasteiger partial charge in [0.2, 0.25) is 0 Å². The number of carbonyl (C=O) groups is 1. The number of halogens is 1. The molecule has 0 aliphatic carbocycles. The van der Waals surface area contributed by atoms with Crippen molar-refractivity contribution in [2.45, 2.75) is 15.8 Å². The number of carbonyl (C=O) groups excluding carboxylic acids is 1. The number of aromatic amines is 2. The number of amides is 1. The predicted octanol–water partition coefficient (Wildman–Crippen LogP) is 2.85. The Kier molecular flexibility index (Phi) is 5.57. The van der Waals surface area contributed by atoms with Crippen molar-refractivity contribution in [1.82, 2.24) is 19.9 Å². The molecule has 0 aliphatic heterocycles. The van der Waals surface area contributed by atoms with Gasteiger partial charge in [0, 0.05) is 17.0 Å². The number of benzene rings is 2. The first-order valence-electron chi connectivity index (χ1n) is 8.81. The highest BCUT2D eigenvalue weighted by Crippen LogP contribution is 2.22. The van der Waals surface area contributed by atoms with Crippen molar-refractivity contribution in [2.75, 3.05) is 5.32 Å². The second-order valence-electron chi connectivity index (χ2n) is 6.38. The molecule has 1 amide bonds. The minimum atomic E-state index is -4.82. The monoisotopic (exact) mass is 459 g/mol. The molecule has 0 saturated carbocycles. The lowest BCUT2D eigenvalue weighted by Crippen LogP contribution is -2.12. The maximum atomic E-state index is 13.0. The fraction of sp³-hybridized carbons (Fsp3) is 0.0526. The molecule has 4 aromatic rings. The zero-order chi connectivity index (χ0) is 22.0. The summed E-state index contributed by atoms with van der Waals surface area (Å²) in [5, 5.41) is 3.12. The van der Waals surface area contributed by atoms with Crippen molar-refractivity contribution in [1.29, 1.82) is 0 Å². The fourth-order valence-corrected chi connectivity index (χ4v) is 4.01. The number of H-pyrrole nitrogens is 2. The van der Waals surface area contributed by atoms with Crippen molar-refractivity contribution in [2.24, 2.45) is 0 Å². The number of rotatable bonds is 6. The average molecular weight is 459 g/mol. The summed E-state index contributed by atoms with van der Waals surface area (Å²) in [6.07, 6.45) is 1.40. The quantitative estimate of drug-likeness (QED) is 0.229. The van der Waals surface area contributed by atoms with E-state index in [0.29, 0.717) is 27.8 Å². The highest BCUT2D eigenvalue weighted by atomic mass is 32.3. The van der Waals surface area contributed by atoms with Gasteiger partial charge >= 0.3 is 10.2 Å². The van der Waals surface area contributed by atoms with Crippen LogP contribution in [-0.4, -0.2) is 34.3 Å². The van der Waals surface area contributed by atoms with Gasteiger partial charge in [0.15, 0.2) is 16.3 Å². The van der Waals surface area contributed by atoms with Crippen LogP contribution in [0.4, 0.5) is 9.57 Å². The molecule has 2 aromatic carbocycles. The molecular weight excluding hydrogens is 445 g/mol. The Morgan fingerprint density at radius 3 is 2.68 bits per heavy atom. The lowest BCUT2D eigenvalue weighted by atomic mass is 10.2. The number of anilines is 1. The Bertz CT molecular complexity index is 1430. The number of nitrogens with one attached hydrogen (secondary N) is 3. The molecule has 4 rings (SSSR count). The third-order valence-electron chi connectivity index (χ3n) is 4.23. The topological polar surface area (TPSA) is 138 Å². The standard InChI is InChI=1S/C19H14FN5O4S2/c20-31(28,29)14-6-4-12(5-7-14)17(26)23-13-3-1-2-11(8-13)9-30-19-24-16-15(18(27)25-19)21-10-22-16/h1-8,10H,9H2,(H,23,26)(H2,21,22,24,25,27). The van der Waals surface area contributed by atoms with Crippen LogP contribution in [0, 0.1) is 0 Å². The third kappa shape index (κ3) is 4.81. The molecule has 12 heteroatoms. The van der Waals surface area contributed by atoms with Crippen LogP contribution in [0.1, 0.15) is 15.9 Å². The van der Waals surface area contributed by atoms with Gasteiger partial charge in [0.1, 0.15) is 0 Å². The summed E-state index contributed by atoms with van der Waals surface area (Å²) in [5.41, 5.74) is 1.91. The van der Waals surface area contributed by atoms with Crippen molar-refractivity contribution < 1.29 is 17.1 Å². The van der Waals surface area contributed by atoms with Crippen molar-refractivity contribution in [3.05, 3.63) is 76.3 Å². The van der Waals surface area contributed by atoms with E-state index in [1.54, 1.807) is 18.2 Å². The van der Waals surface area contributed by atoms with E-state index < -0.39 is 21.0 Å². The van der Waals surface area contributed by atoms with Crippen LogP contribution < -0.4 is 10.9 Å². The maximum absolute atomic E-state index is 13.0. The Balaban J connectivity index is 1.44. The SMILES string of the molecule is O=C(Nc1cccc(CSc2nc3nc[nH]c3c(=O)[nH]2)c1)c1ccc(S(=O)(=O)F)cc1. The Labute approximate surface area is 179 Å². The molecule has 0 saturated heterocycles. The first-order chi connectivity index (χ1) is 14.8. The fourth-order valence-electron chi connectivity index (χ4n) is 2.75. The van der Waals surface area contributed by atoms with Gasteiger partial charge in [-0.3, -0.25) is 14.6 Å². The summed E-state index contributed by atoms with van der Waals surface area (Å²) in [7, 11) is -4.82. The normalized spacial score (nSPS) is 11.5. The number of thioether (sulfide) groups is 1. The summed E-state index contributed by atoms with van der Waals surface area (Å²) in [6.45, 7) is 0. The lowest BCUT2D eigenvalue weighted by Gasteiger charge is -2.08. The summed E-state index contributed by atoms with van der Waals surface area (Å²) >= 11 is 1.31. The van der Waals surface area contributed by atoms with Gasteiger partial charge in [0.25, 0.3) is 11.5 Å². The van der Waals surface area contributed by atoms with E-state index in [1.807, 2.05) is 6.07 Å². The molecular formula is C19H14FN5O4S2. The Morgan fingerprint density at radius 1 is 1.16 bits per heavy atom. The van der Waals surface area contributed by atoms with Gasteiger partial charge in [0.05, 0.1) is 11.2 Å². The number of imidazole rings is 1. The molecule has 0 unspecified atom stereocenters. The van der Waals surface area contributed by atoms with Crippen molar-refractivity contribution >= 4 is 44.7 Å². The number of fused-ring (bicyclic) bond motifs is 1. The highest BCUT2D eigenvalue weighted by molar-refractivity contribution is 7.98. The first-order valence-corrected chi connectivity index (χ1v) is 11.2. The number of hydrogen-bond acceptors (Lipinski definition) is 7. The molecule has 0 bridgehead atoms. The molecule has 31 heavy (non-hydrogen) atoms. The lowest BCUT2D eigenvalue weighted by molar-refractivity contribution is 0.102. The molecule has 2 heterocycles. The van der Waals surface area contributed by atoms with Gasteiger partial charge in [-0.2, -0.15) is 8.42 Å². The summed E-state index contributed by atoms with van der Waals surface area (Å²) in [5.74, 6) is 0.00799. The zero-order valence-corrected chi connectivity index (χ0v) is 17.3. The zero-order valence-electron chi connectivity index (χ0n) is 15.6. The van der Waals surface area contributed by atoms with E-state index in [2.05, 4.69) is 25.3 Å². The van der Waals surface area contributed by atoms with E-state index in [1.165, 1.54) is 30.2 Å². The van der Waals surface area contributed by atoms with Gasteiger partial charge in [-0.1, -0.05) is 23.9 Å².